The fourth-order valence-corrected chi connectivity index (χ4v) is 2.42. The van der Waals surface area contributed by atoms with Crippen molar-refractivity contribution in [3.05, 3.63) is 29.8 Å². The van der Waals surface area contributed by atoms with E-state index >= 15 is 0 Å². The van der Waals surface area contributed by atoms with Gasteiger partial charge in [0.15, 0.2) is 21.5 Å². The zero-order chi connectivity index (χ0) is 12.3. The molecule has 0 heterocycles. The average molecular weight is 248 g/mol. The number of ketones is 1. The quantitative estimate of drug-likeness (QED) is 0.762. The Labute approximate surface area is 92.0 Å². The molecular formula is C10H10F2O3S. The lowest BCUT2D eigenvalue weighted by Gasteiger charge is -2.03. The van der Waals surface area contributed by atoms with Crippen LogP contribution in [0.15, 0.2) is 23.1 Å². The summed E-state index contributed by atoms with van der Waals surface area (Å²) in [4.78, 5) is 10.3. The van der Waals surface area contributed by atoms with Gasteiger partial charge in [0.2, 0.25) is 0 Å². The van der Waals surface area contributed by atoms with E-state index in [-0.39, 0.29) is 17.1 Å². The standard InChI is InChI=1S/C10H10F2O3S/c1-7(13)4-5-16(14,15)8-2-3-9(11)10(12)6-8/h2-3,6H,4-5H2,1H3. The van der Waals surface area contributed by atoms with Gasteiger partial charge in [0.25, 0.3) is 0 Å². The van der Waals surface area contributed by atoms with Crippen molar-refractivity contribution in [2.75, 3.05) is 5.75 Å². The molecule has 1 aromatic carbocycles. The summed E-state index contributed by atoms with van der Waals surface area (Å²) < 4.78 is 48.5. The molecule has 0 amide bonds. The first-order valence-corrected chi connectivity index (χ1v) is 6.15. The number of carbonyl (C=O) groups is 1. The number of carbonyl (C=O) groups excluding carboxylic acids is 1. The van der Waals surface area contributed by atoms with E-state index in [9.17, 15) is 22.0 Å². The second kappa shape index (κ2) is 4.69. The highest BCUT2D eigenvalue weighted by Gasteiger charge is 2.17. The van der Waals surface area contributed by atoms with Gasteiger partial charge in [-0.1, -0.05) is 0 Å². The lowest BCUT2D eigenvalue weighted by atomic mass is 10.3. The van der Waals surface area contributed by atoms with Crippen LogP contribution in [-0.2, 0) is 14.6 Å². The molecule has 0 radical (unpaired) electrons. The van der Waals surface area contributed by atoms with E-state index in [4.69, 9.17) is 0 Å². The SMILES string of the molecule is CC(=O)CCS(=O)(=O)c1ccc(F)c(F)c1. The molecule has 0 aromatic heterocycles. The molecule has 6 heteroatoms. The van der Waals surface area contributed by atoms with Gasteiger partial charge in [0, 0.05) is 6.42 Å². The van der Waals surface area contributed by atoms with E-state index < -0.39 is 27.2 Å². The normalized spacial score (nSPS) is 11.4. The Morgan fingerprint density at radius 3 is 2.38 bits per heavy atom. The van der Waals surface area contributed by atoms with E-state index in [0.29, 0.717) is 6.07 Å². The number of hydrogen-bond acceptors (Lipinski definition) is 3. The van der Waals surface area contributed by atoms with E-state index in [1.807, 2.05) is 0 Å². The van der Waals surface area contributed by atoms with Crippen molar-refractivity contribution < 1.29 is 22.0 Å². The van der Waals surface area contributed by atoms with Crippen LogP contribution < -0.4 is 0 Å². The van der Waals surface area contributed by atoms with Gasteiger partial charge in [-0.3, -0.25) is 4.79 Å². The minimum atomic E-state index is -3.72. The van der Waals surface area contributed by atoms with Gasteiger partial charge in [-0.2, -0.15) is 0 Å². The molecule has 16 heavy (non-hydrogen) atoms. The third-order valence-electron chi connectivity index (χ3n) is 1.97. The van der Waals surface area contributed by atoms with Crippen LogP contribution in [0.5, 0.6) is 0 Å². The molecule has 0 fully saturated rings. The number of rotatable bonds is 4. The smallest absolute Gasteiger partial charge is 0.178 e. The minimum absolute atomic E-state index is 0.138. The zero-order valence-corrected chi connectivity index (χ0v) is 9.35. The molecule has 0 atom stereocenters. The maximum atomic E-state index is 12.8. The molecule has 0 unspecified atom stereocenters. The van der Waals surface area contributed by atoms with E-state index in [2.05, 4.69) is 0 Å². The van der Waals surface area contributed by atoms with Gasteiger partial charge < -0.3 is 0 Å². The highest BCUT2D eigenvalue weighted by atomic mass is 32.2. The van der Waals surface area contributed by atoms with Gasteiger partial charge in [-0.05, 0) is 25.1 Å². The van der Waals surface area contributed by atoms with Crippen LogP contribution in [0.2, 0.25) is 0 Å². The molecule has 0 spiro atoms. The van der Waals surface area contributed by atoms with Crippen molar-refractivity contribution in [2.24, 2.45) is 0 Å². The second-order valence-electron chi connectivity index (χ2n) is 3.35. The first kappa shape index (κ1) is 12.8. The molecular weight excluding hydrogens is 238 g/mol. The summed E-state index contributed by atoms with van der Waals surface area (Å²) in [6, 6.07) is 2.34. The summed E-state index contributed by atoms with van der Waals surface area (Å²) in [5, 5.41) is 0. The predicted octanol–water partition coefficient (Wildman–Crippen LogP) is 1.72. The molecule has 3 nitrogen and oxygen atoms in total. The van der Waals surface area contributed by atoms with Crippen LogP contribution in [-0.4, -0.2) is 20.0 Å². The van der Waals surface area contributed by atoms with E-state index in [0.717, 1.165) is 12.1 Å². The molecule has 0 saturated carbocycles. The first-order chi connectivity index (χ1) is 7.33. The summed E-state index contributed by atoms with van der Waals surface area (Å²) >= 11 is 0. The van der Waals surface area contributed by atoms with Crippen LogP contribution in [0.25, 0.3) is 0 Å². The Morgan fingerprint density at radius 1 is 1.25 bits per heavy atom. The molecule has 0 bridgehead atoms. The molecule has 1 rings (SSSR count). The number of hydrogen-bond donors (Lipinski definition) is 0. The van der Waals surface area contributed by atoms with Crippen LogP contribution >= 0.6 is 0 Å². The van der Waals surface area contributed by atoms with E-state index in [1.54, 1.807) is 0 Å². The third-order valence-corrected chi connectivity index (χ3v) is 3.69. The van der Waals surface area contributed by atoms with Crippen molar-refractivity contribution in [1.29, 1.82) is 0 Å². The van der Waals surface area contributed by atoms with Gasteiger partial charge in [0.1, 0.15) is 5.78 Å². The zero-order valence-electron chi connectivity index (χ0n) is 8.54. The Balaban J connectivity index is 2.99. The maximum Gasteiger partial charge on any atom is 0.178 e. The Morgan fingerprint density at radius 2 is 1.88 bits per heavy atom. The van der Waals surface area contributed by atoms with Crippen LogP contribution in [0.3, 0.4) is 0 Å². The van der Waals surface area contributed by atoms with Crippen molar-refractivity contribution in [3.63, 3.8) is 0 Å². The molecule has 0 saturated heterocycles. The van der Waals surface area contributed by atoms with Crippen molar-refractivity contribution >= 4 is 15.6 Å². The van der Waals surface area contributed by atoms with E-state index in [1.165, 1.54) is 6.92 Å². The monoisotopic (exact) mass is 248 g/mol. The summed E-state index contributed by atoms with van der Waals surface area (Å²) in [5.74, 6) is -2.99. The van der Waals surface area contributed by atoms with Crippen molar-refractivity contribution in [1.82, 2.24) is 0 Å². The molecule has 0 aliphatic heterocycles. The van der Waals surface area contributed by atoms with Gasteiger partial charge in [-0.25, -0.2) is 17.2 Å². The highest BCUT2D eigenvalue weighted by Crippen LogP contribution is 2.15. The minimum Gasteiger partial charge on any atom is -0.300 e. The Hall–Kier alpha value is -1.30. The first-order valence-electron chi connectivity index (χ1n) is 4.50. The summed E-state index contributed by atoms with van der Waals surface area (Å²) in [5.41, 5.74) is 0. The van der Waals surface area contributed by atoms with Crippen LogP contribution in [0.4, 0.5) is 8.78 Å². The number of benzene rings is 1. The largest absolute Gasteiger partial charge is 0.300 e. The summed E-state index contributed by atoms with van der Waals surface area (Å²) in [6.07, 6.45) is -0.138. The molecule has 0 aliphatic rings. The van der Waals surface area contributed by atoms with Gasteiger partial charge >= 0.3 is 0 Å². The number of sulfone groups is 1. The highest BCUT2D eigenvalue weighted by molar-refractivity contribution is 7.91. The molecule has 0 N–H and O–H groups in total. The van der Waals surface area contributed by atoms with Gasteiger partial charge in [0.05, 0.1) is 10.6 Å². The fourth-order valence-electron chi connectivity index (χ4n) is 1.07. The van der Waals surface area contributed by atoms with Crippen LogP contribution in [0, 0.1) is 11.6 Å². The summed E-state index contributed by atoms with van der Waals surface area (Å²) in [6.45, 7) is 1.26. The van der Waals surface area contributed by atoms with Crippen LogP contribution in [0.1, 0.15) is 13.3 Å². The van der Waals surface area contributed by atoms with Crippen molar-refractivity contribution in [3.8, 4) is 0 Å². The maximum absolute atomic E-state index is 12.8. The number of Topliss-reactive ketones (excluding diaryl/α,β-unsaturated/α-hetero) is 1. The third kappa shape index (κ3) is 3.10. The Bertz CT molecular complexity index is 509. The average Bonchev–Trinajstić information content (AvgIpc) is 2.19. The fraction of sp³-hybridized carbons (Fsp3) is 0.300. The van der Waals surface area contributed by atoms with Gasteiger partial charge in [-0.15, -0.1) is 0 Å². The predicted molar refractivity (Wildman–Crippen MR) is 53.7 cm³/mol. The number of halogens is 2. The molecule has 1 aromatic rings. The molecule has 88 valence electrons. The summed E-state index contributed by atoms with van der Waals surface area (Å²) in [7, 11) is -3.72. The Kier molecular flexibility index (Phi) is 3.74. The second-order valence-corrected chi connectivity index (χ2v) is 5.46. The lowest BCUT2D eigenvalue weighted by Crippen LogP contribution is -2.10. The lowest BCUT2D eigenvalue weighted by molar-refractivity contribution is -0.116. The topological polar surface area (TPSA) is 51.2 Å². The van der Waals surface area contributed by atoms with Crippen molar-refractivity contribution in [2.45, 2.75) is 18.2 Å². The molecule has 0 aliphatic carbocycles.